The fraction of sp³-hybridized carbons (Fsp3) is 1.00. The Hall–Kier alpha value is -0.120. The van der Waals surface area contributed by atoms with Crippen molar-refractivity contribution in [2.45, 2.75) is 108 Å². The molecule has 0 aliphatic heterocycles. The Bertz CT molecular complexity index is 320. The van der Waals surface area contributed by atoms with Crippen LogP contribution in [-0.2, 0) is 0 Å². The summed E-state index contributed by atoms with van der Waals surface area (Å²) in [6.45, 7) is 0. The molecule has 23 heavy (non-hydrogen) atoms. The zero-order valence-corrected chi connectivity index (χ0v) is 15.0. The van der Waals surface area contributed by atoms with Crippen molar-refractivity contribution in [3.8, 4) is 0 Å². The van der Waals surface area contributed by atoms with E-state index in [1.165, 1.54) is 89.9 Å². The van der Waals surface area contributed by atoms with Crippen LogP contribution in [-0.4, -0.2) is 18.1 Å². The average molecular weight is 322 g/mol. The molecule has 134 valence electrons. The molecule has 0 saturated heterocycles. The Morgan fingerprint density at radius 3 is 1.26 bits per heavy atom. The van der Waals surface area contributed by atoms with E-state index in [1.54, 1.807) is 0 Å². The van der Waals surface area contributed by atoms with Gasteiger partial charge in [-0.25, -0.2) is 0 Å². The zero-order chi connectivity index (χ0) is 16.3. The first-order valence-electron chi connectivity index (χ1n) is 10.3. The lowest BCUT2D eigenvalue weighted by molar-refractivity contribution is 0.0734. The van der Waals surface area contributed by atoms with Crippen molar-refractivity contribution < 1.29 is 0 Å². The first kappa shape index (κ1) is 17.7. The molecule has 3 aliphatic rings. The minimum Gasteiger partial charge on any atom is -0.328 e. The SMILES string of the molecule is NC1CCC(CC2(CC3CCC(N)CC3)CCC(N)CC2)CC1. The summed E-state index contributed by atoms with van der Waals surface area (Å²) in [4.78, 5) is 0. The van der Waals surface area contributed by atoms with E-state index in [2.05, 4.69) is 0 Å². The smallest absolute Gasteiger partial charge is 0.00392 e. The van der Waals surface area contributed by atoms with Gasteiger partial charge in [0.25, 0.3) is 0 Å². The lowest BCUT2D eigenvalue weighted by Crippen LogP contribution is -2.39. The largest absolute Gasteiger partial charge is 0.328 e. The van der Waals surface area contributed by atoms with Gasteiger partial charge in [-0.1, -0.05) is 0 Å². The number of rotatable bonds is 4. The quantitative estimate of drug-likeness (QED) is 0.739. The molecule has 3 rings (SSSR count). The molecule has 3 aliphatic carbocycles. The Balaban J connectivity index is 1.60. The van der Waals surface area contributed by atoms with E-state index in [0.717, 1.165) is 11.8 Å². The van der Waals surface area contributed by atoms with Gasteiger partial charge in [-0.05, 0) is 107 Å². The molecule has 0 aromatic heterocycles. The van der Waals surface area contributed by atoms with Gasteiger partial charge in [-0.3, -0.25) is 0 Å². The molecule has 0 unspecified atom stereocenters. The van der Waals surface area contributed by atoms with Crippen LogP contribution in [0.2, 0.25) is 0 Å². The highest BCUT2D eigenvalue weighted by molar-refractivity contribution is 4.92. The number of hydrogen-bond donors (Lipinski definition) is 3. The van der Waals surface area contributed by atoms with E-state index in [-0.39, 0.29) is 0 Å². The highest BCUT2D eigenvalue weighted by atomic mass is 14.7. The van der Waals surface area contributed by atoms with E-state index >= 15 is 0 Å². The molecule has 0 heterocycles. The van der Waals surface area contributed by atoms with Crippen LogP contribution in [0.1, 0.15) is 89.9 Å². The summed E-state index contributed by atoms with van der Waals surface area (Å²) in [6, 6.07) is 1.41. The fourth-order valence-electron chi connectivity index (χ4n) is 5.75. The highest BCUT2D eigenvalue weighted by Gasteiger charge is 2.39. The monoisotopic (exact) mass is 321 g/mol. The first-order valence-corrected chi connectivity index (χ1v) is 10.3. The van der Waals surface area contributed by atoms with E-state index in [4.69, 9.17) is 17.2 Å². The van der Waals surface area contributed by atoms with Gasteiger partial charge in [-0.15, -0.1) is 0 Å². The van der Waals surface area contributed by atoms with Crippen LogP contribution in [0, 0.1) is 17.3 Å². The zero-order valence-electron chi connectivity index (χ0n) is 15.0. The lowest BCUT2D eigenvalue weighted by atomic mass is 9.61. The van der Waals surface area contributed by atoms with Gasteiger partial charge < -0.3 is 17.2 Å². The first-order chi connectivity index (χ1) is 11.0. The molecule has 0 aromatic rings. The van der Waals surface area contributed by atoms with Gasteiger partial charge in [0.2, 0.25) is 0 Å². The summed E-state index contributed by atoms with van der Waals surface area (Å²) in [5, 5.41) is 0. The second kappa shape index (κ2) is 7.84. The van der Waals surface area contributed by atoms with Gasteiger partial charge in [0.15, 0.2) is 0 Å². The van der Waals surface area contributed by atoms with Gasteiger partial charge in [-0.2, -0.15) is 0 Å². The maximum Gasteiger partial charge on any atom is 0.00392 e. The van der Waals surface area contributed by atoms with Crippen LogP contribution in [0.15, 0.2) is 0 Å². The Morgan fingerprint density at radius 1 is 0.522 bits per heavy atom. The molecule has 0 radical (unpaired) electrons. The van der Waals surface area contributed by atoms with E-state index in [0.29, 0.717) is 23.5 Å². The Morgan fingerprint density at radius 2 is 0.870 bits per heavy atom. The summed E-state index contributed by atoms with van der Waals surface area (Å²) in [7, 11) is 0. The molecule has 0 aromatic carbocycles. The van der Waals surface area contributed by atoms with Crippen molar-refractivity contribution in [1.82, 2.24) is 0 Å². The molecule has 0 amide bonds. The molecule has 0 bridgehead atoms. The second-order valence-electron chi connectivity index (χ2n) is 9.31. The molecule has 6 N–H and O–H groups in total. The summed E-state index contributed by atoms with van der Waals surface area (Å²) in [6.07, 6.45) is 18.6. The topological polar surface area (TPSA) is 78.1 Å². The van der Waals surface area contributed by atoms with Crippen LogP contribution in [0.4, 0.5) is 0 Å². The van der Waals surface area contributed by atoms with Gasteiger partial charge in [0.1, 0.15) is 0 Å². The lowest BCUT2D eigenvalue weighted by Gasteiger charge is -2.45. The van der Waals surface area contributed by atoms with Crippen LogP contribution in [0.25, 0.3) is 0 Å². The van der Waals surface area contributed by atoms with Crippen molar-refractivity contribution >= 4 is 0 Å². The molecule has 3 fully saturated rings. The van der Waals surface area contributed by atoms with Crippen LogP contribution >= 0.6 is 0 Å². The maximum atomic E-state index is 6.23. The number of nitrogens with two attached hydrogens (primary N) is 3. The van der Waals surface area contributed by atoms with E-state index in [1.807, 2.05) is 0 Å². The van der Waals surface area contributed by atoms with Crippen molar-refractivity contribution in [1.29, 1.82) is 0 Å². The Labute approximate surface area is 143 Å². The average Bonchev–Trinajstić information content (AvgIpc) is 2.55. The molecular weight excluding hydrogens is 282 g/mol. The number of hydrogen-bond acceptors (Lipinski definition) is 3. The summed E-state index contributed by atoms with van der Waals surface area (Å²) >= 11 is 0. The third-order valence-electron chi connectivity index (χ3n) is 7.32. The molecular formula is C20H39N3. The van der Waals surface area contributed by atoms with Crippen molar-refractivity contribution in [2.75, 3.05) is 0 Å². The normalized spacial score (nSPS) is 45.8. The summed E-state index contributed by atoms with van der Waals surface area (Å²) in [5.41, 5.74) is 19.0. The highest BCUT2D eigenvalue weighted by Crippen LogP contribution is 2.49. The van der Waals surface area contributed by atoms with Gasteiger partial charge in [0, 0.05) is 18.1 Å². The van der Waals surface area contributed by atoms with Crippen molar-refractivity contribution in [2.24, 2.45) is 34.5 Å². The van der Waals surface area contributed by atoms with Crippen molar-refractivity contribution in [3.05, 3.63) is 0 Å². The predicted octanol–water partition coefficient (Wildman–Crippen LogP) is 3.69. The second-order valence-corrected chi connectivity index (χ2v) is 9.31. The molecule has 3 nitrogen and oxygen atoms in total. The third kappa shape index (κ3) is 4.93. The minimum atomic E-state index is 0.461. The van der Waals surface area contributed by atoms with Crippen molar-refractivity contribution in [3.63, 3.8) is 0 Å². The minimum absolute atomic E-state index is 0.461. The van der Waals surface area contributed by atoms with E-state index < -0.39 is 0 Å². The fourth-order valence-corrected chi connectivity index (χ4v) is 5.75. The van der Waals surface area contributed by atoms with E-state index in [9.17, 15) is 0 Å². The maximum absolute atomic E-state index is 6.23. The van der Waals surface area contributed by atoms with Gasteiger partial charge >= 0.3 is 0 Å². The summed E-state index contributed by atoms with van der Waals surface area (Å²) < 4.78 is 0. The predicted molar refractivity (Wildman–Crippen MR) is 98.0 cm³/mol. The third-order valence-corrected chi connectivity index (χ3v) is 7.32. The van der Waals surface area contributed by atoms with Crippen LogP contribution < -0.4 is 17.2 Å². The standard InChI is InChI=1S/C20H39N3/c21-17-5-1-15(2-6-17)13-20(11-9-19(23)10-12-20)14-16-3-7-18(22)8-4-16/h15-19H,1-14,21-23H2. The Kier molecular flexibility index (Phi) is 6.03. The molecule has 0 spiro atoms. The van der Waals surface area contributed by atoms with Crippen LogP contribution in [0.5, 0.6) is 0 Å². The molecule has 0 atom stereocenters. The van der Waals surface area contributed by atoms with Gasteiger partial charge in [0.05, 0.1) is 0 Å². The van der Waals surface area contributed by atoms with Crippen LogP contribution in [0.3, 0.4) is 0 Å². The summed E-state index contributed by atoms with van der Waals surface area (Å²) in [5.74, 6) is 1.85. The molecule has 3 saturated carbocycles. The molecule has 3 heteroatoms.